The Morgan fingerprint density at radius 1 is 0.279 bits per heavy atom. The number of hydrogen-bond acceptors (Lipinski definition) is 4. The lowest BCUT2D eigenvalue weighted by atomic mass is 10.0. The molecule has 0 spiro atoms. The van der Waals surface area contributed by atoms with Gasteiger partial charge in [-0.15, -0.1) is 0 Å². The summed E-state index contributed by atoms with van der Waals surface area (Å²) in [5.41, 5.74) is 16.3. The molecule has 5 nitrogen and oxygen atoms in total. The summed E-state index contributed by atoms with van der Waals surface area (Å²) in [7, 11) is 0. The van der Waals surface area contributed by atoms with Gasteiger partial charge in [-0.05, 0) is 119 Å². The first-order chi connectivity index (χ1) is 30.3. The highest BCUT2D eigenvalue weighted by molar-refractivity contribution is 5.84. The van der Waals surface area contributed by atoms with Crippen LogP contribution < -0.4 is 9.80 Å². The third kappa shape index (κ3) is 7.72. The molecule has 0 N–H and O–H groups in total. The molecule has 0 amide bonds. The fourth-order valence-electron chi connectivity index (χ4n) is 8.08. The van der Waals surface area contributed by atoms with E-state index in [9.17, 15) is 0 Å². The smallest absolute Gasteiger partial charge is 0.0644 e. The van der Waals surface area contributed by atoms with Crippen molar-refractivity contribution in [3.63, 3.8) is 0 Å². The standard InChI is InChI=1S/C56H41N5/c1-4-14-42(15-5-1)44-26-30-49(31-27-44)59(53-24-12-36-57-40-53)51-22-10-18-46(38-51)55-34-35-56(61(55)48-20-8-3-9-21-48)47-19-11-23-52(39-47)60(54-25-13-37-58-41-54)50-32-28-45(29-33-50)43-16-6-2-7-17-43/h1-41H. The molecule has 3 heterocycles. The summed E-state index contributed by atoms with van der Waals surface area (Å²) >= 11 is 0. The number of aromatic nitrogens is 3. The van der Waals surface area contributed by atoms with Crippen molar-refractivity contribution in [2.45, 2.75) is 0 Å². The van der Waals surface area contributed by atoms with Crippen LogP contribution in [0.1, 0.15) is 0 Å². The molecule has 3 aromatic heterocycles. The zero-order valence-electron chi connectivity index (χ0n) is 33.4. The fourth-order valence-corrected chi connectivity index (χ4v) is 8.08. The lowest BCUT2D eigenvalue weighted by molar-refractivity contribution is 1.09. The van der Waals surface area contributed by atoms with Crippen molar-refractivity contribution in [3.8, 4) is 50.5 Å². The number of anilines is 6. The molecule has 0 aliphatic heterocycles. The second-order valence-electron chi connectivity index (χ2n) is 14.8. The van der Waals surface area contributed by atoms with Gasteiger partial charge in [0.15, 0.2) is 0 Å². The first kappa shape index (κ1) is 37.0. The third-order valence-electron chi connectivity index (χ3n) is 11.0. The van der Waals surface area contributed by atoms with Gasteiger partial charge in [-0.1, -0.05) is 127 Å². The number of nitrogens with zero attached hydrogens (tertiary/aromatic N) is 5. The van der Waals surface area contributed by atoms with Crippen LogP contribution in [0.4, 0.5) is 34.1 Å². The van der Waals surface area contributed by atoms with Crippen molar-refractivity contribution >= 4 is 34.1 Å². The number of pyridine rings is 2. The first-order valence-electron chi connectivity index (χ1n) is 20.5. The van der Waals surface area contributed by atoms with E-state index < -0.39 is 0 Å². The van der Waals surface area contributed by atoms with Crippen molar-refractivity contribution in [2.24, 2.45) is 0 Å². The summed E-state index contributed by atoms with van der Waals surface area (Å²) in [5.74, 6) is 0. The van der Waals surface area contributed by atoms with Crippen LogP contribution in [0.25, 0.3) is 50.5 Å². The minimum absolute atomic E-state index is 0.982. The van der Waals surface area contributed by atoms with Gasteiger partial charge in [0.05, 0.1) is 35.2 Å². The highest BCUT2D eigenvalue weighted by atomic mass is 15.2. The monoisotopic (exact) mass is 783 g/mol. The van der Waals surface area contributed by atoms with Gasteiger partial charge in [0, 0.05) is 52.0 Å². The van der Waals surface area contributed by atoms with Crippen molar-refractivity contribution in [1.82, 2.24) is 14.5 Å². The zero-order chi connectivity index (χ0) is 40.8. The van der Waals surface area contributed by atoms with Gasteiger partial charge in [0.25, 0.3) is 0 Å². The zero-order valence-corrected chi connectivity index (χ0v) is 33.4. The Bertz CT molecular complexity index is 2800. The minimum Gasteiger partial charge on any atom is -0.309 e. The molecule has 7 aromatic carbocycles. The molecule has 0 unspecified atom stereocenters. The topological polar surface area (TPSA) is 37.2 Å². The molecule has 10 aromatic rings. The molecule has 0 radical (unpaired) electrons. The van der Waals surface area contributed by atoms with Crippen LogP contribution in [0.15, 0.2) is 249 Å². The Morgan fingerprint density at radius 3 is 1.07 bits per heavy atom. The molecule has 0 bridgehead atoms. The number of hydrogen-bond donors (Lipinski definition) is 0. The van der Waals surface area contributed by atoms with E-state index in [-0.39, 0.29) is 0 Å². The summed E-state index contributed by atoms with van der Waals surface area (Å²) < 4.78 is 2.37. The Hall–Kier alpha value is -8.28. The normalized spacial score (nSPS) is 11.0. The Kier molecular flexibility index (Phi) is 10.3. The third-order valence-corrected chi connectivity index (χ3v) is 11.0. The van der Waals surface area contributed by atoms with E-state index in [1.54, 1.807) is 0 Å². The minimum atomic E-state index is 0.982. The van der Waals surface area contributed by atoms with Crippen molar-refractivity contribution in [2.75, 3.05) is 9.80 Å². The molecule has 0 fully saturated rings. The molecule has 10 rings (SSSR count). The highest BCUT2D eigenvalue weighted by Crippen LogP contribution is 2.41. The van der Waals surface area contributed by atoms with E-state index in [4.69, 9.17) is 0 Å². The average Bonchev–Trinajstić information content (AvgIpc) is 3.80. The average molecular weight is 784 g/mol. The molecule has 0 atom stereocenters. The predicted octanol–water partition coefficient (Wildman–Crippen LogP) is 14.9. The number of para-hydroxylation sites is 1. The second-order valence-corrected chi connectivity index (χ2v) is 14.8. The Labute approximate surface area is 356 Å². The van der Waals surface area contributed by atoms with Crippen molar-refractivity contribution in [3.05, 3.63) is 249 Å². The van der Waals surface area contributed by atoms with E-state index in [2.05, 4.69) is 225 Å². The van der Waals surface area contributed by atoms with Crippen LogP contribution >= 0.6 is 0 Å². The molecule has 0 saturated heterocycles. The van der Waals surface area contributed by atoms with Crippen LogP contribution in [0.3, 0.4) is 0 Å². The largest absolute Gasteiger partial charge is 0.309 e. The molecule has 0 saturated carbocycles. The van der Waals surface area contributed by atoms with Gasteiger partial charge in [-0.2, -0.15) is 0 Å². The maximum atomic E-state index is 4.51. The van der Waals surface area contributed by atoms with Crippen LogP contribution in [0.2, 0.25) is 0 Å². The predicted molar refractivity (Wildman–Crippen MR) is 252 cm³/mol. The Morgan fingerprint density at radius 2 is 0.656 bits per heavy atom. The molecule has 5 heteroatoms. The van der Waals surface area contributed by atoms with Gasteiger partial charge in [-0.3, -0.25) is 9.97 Å². The van der Waals surface area contributed by atoms with Gasteiger partial charge in [0.1, 0.15) is 0 Å². The van der Waals surface area contributed by atoms with Crippen molar-refractivity contribution < 1.29 is 0 Å². The van der Waals surface area contributed by atoms with Gasteiger partial charge >= 0.3 is 0 Å². The molecular formula is C56H41N5. The van der Waals surface area contributed by atoms with Gasteiger partial charge < -0.3 is 14.4 Å². The van der Waals surface area contributed by atoms with Gasteiger partial charge in [-0.25, -0.2) is 0 Å². The molecule has 290 valence electrons. The summed E-state index contributed by atoms with van der Waals surface area (Å²) in [5, 5.41) is 0. The second kappa shape index (κ2) is 16.9. The molecule has 0 aliphatic carbocycles. The quantitative estimate of drug-likeness (QED) is 0.131. The van der Waals surface area contributed by atoms with E-state index in [1.165, 1.54) is 22.3 Å². The SMILES string of the molecule is c1ccc(-c2ccc(N(c3cccnc3)c3cccc(-c4ccc(-c5cccc(N(c6ccc(-c7ccccc7)cc6)c6cccnc6)c5)n4-c4ccccc4)c3)cc2)cc1. The van der Waals surface area contributed by atoms with Crippen LogP contribution in [0.5, 0.6) is 0 Å². The summed E-state index contributed by atoms with van der Waals surface area (Å²) in [4.78, 5) is 13.6. The van der Waals surface area contributed by atoms with E-state index in [1.807, 2.05) is 49.1 Å². The number of benzene rings is 7. The van der Waals surface area contributed by atoms with Crippen LogP contribution in [-0.2, 0) is 0 Å². The molecular weight excluding hydrogens is 743 g/mol. The number of rotatable bonds is 11. The lowest BCUT2D eigenvalue weighted by Gasteiger charge is -2.26. The van der Waals surface area contributed by atoms with E-state index in [0.717, 1.165) is 62.3 Å². The Balaban J connectivity index is 1.06. The molecule has 0 aliphatic rings. The maximum absolute atomic E-state index is 4.51. The summed E-state index contributed by atoms with van der Waals surface area (Å²) in [6, 6.07) is 79.3. The maximum Gasteiger partial charge on any atom is 0.0644 e. The summed E-state index contributed by atoms with van der Waals surface area (Å²) in [6.07, 6.45) is 7.47. The van der Waals surface area contributed by atoms with Crippen molar-refractivity contribution in [1.29, 1.82) is 0 Å². The van der Waals surface area contributed by atoms with E-state index >= 15 is 0 Å². The van der Waals surface area contributed by atoms with Crippen LogP contribution in [0, 0.1) is 0 Å². The lowest BCUT2D eigenvalue weighted by Crippen LogP contribution is -2.10. The highest BCUT2D eigenvalue weighted by Gasteiger charge is 2.19. The van der Waals surface area contributed by atoms with Gasteiger partial charge in [0.2, 0.25) is 0 Å². The van der Waals surface area contributed by atoms with Crippen LogP contribution in [-0.4, -0.2) is 14.5 Å². The fraction of sp³-hybridized carbons (Fsp3) is 0. The first-order valence-corrected chi connectivity index (χ1v) is 20.5. The van der Waals surface area contributed by atoms with E-state index in [0.29, 0.717) is 0 Å². The summed E-state index contributed by atoms with van der Waals surface area (Å²) in [6.45, 7) is 0. The molecule has 61 heavy (non-hydrogen) atoms.